The van der Waals surface area contributed by atoms with E-state index in [1.165, 1.54) is 12.1 Å². The number of aromatic nitrogens is 3. The lowest BCUT2D eigenvalue weighted by Crippen LogP contribution is -2.36. The minimum Gasteiger partial charge on any atom is -0.352 e. The summed E-state index contributed by atoms with van der Waals surface area (Å²) in [7, 11) is 3.98. The van der Waals surface area contributed by atoms with Gasteiger partial charge in [-0.1, -0.05) is 6.07 Å². The molecule has 0 saturated carbocycles. The molecule has 0 atom stereocenters. The number of fused-ring (bicyclic) bond motifs is 1. The molecule has 0 unspecified atom stereocenters. The van der Waals surface area contributed by atoms with E-state index < -0.39 is 5.82 Å². The molecule has 7 nitrogen and oxygen atoms in total. The zero-order valence-corrected chi connectivity index (χ0v) is 20.6. The summed E-state index contributed by atoms with van der Waals surface area (Å²) < 4.78 is 17.7. The topological polar surface area (TPSA) is 72.2 Å². The third-order valence-electron chi connectivity index (χ3n) is 7.06. The third-order valence-corrected chi connectivity index (χ3v) is 7.06. The minimum absolute atomic E-state index is 0.165. The van der Waals surface area contributed by atoms with Crippen molar-refractivity contribution in [3.8, 4) is 11.3 Å². The van der Waals surface area contributed by atoms with Crippen molar-refractivity contribution in [2.75, 3.05) is 26.7 Å². The maximum absolute atomic E-state index is 14.4. The first kappa shape index (κ1) is 23.9. The van der Waals surface area contributed by atoms with Gasteiger partial charge < -0.3 is 14.8 Å². The standard InChI is InChI=1S/C28H30FN5O2/c1-32-10-6-19(7-11-32)17-30-27(35)23-13-20(14-24(29)16-23)18-34-12-8-21-15-22(3-4-25(21)28(34)36)26-5-9-31-33(26)2/h3-5,8-9,12-16,19H,6-7,10-11,17-18H2,1-2H3,(H,30,35). The second-order valence-electron chi connectivity index (χ2n) is 9.70. The van der Waals surface area contributed by atoms with Crippen LogP contribution in [0.25, 0.3) is 22.0 Å². The maximum Gasteiger partial charge on any atom is 0.258 e. The number of carbonyl (C=O) groups excluding carboxylic acids is 1. The van der Waals surface area contributed by atoms with Crippen molar-refractivity contribution in [1.82, 2.24) is 24.6 Å². The first-order valence-corrected chi connectivity index (χ1v) is 12.2. The molecule has 1 N–H and O–H groups in total. The largest absolute Gasteiger partial charge is 0.352 e. The number of halogens is 1. The molecule has 0 radical (unpaired) electrons. The normalized spacial score (nSPS) is 14.9. The Morgan fingerprint density at radius 3 is 2.64 bits per heavy atom. The van der Waals surface area contributed by atoms with Crippen molar-refractivity contribution in [3.05, 3.63) is 88.2 Å². The van der Waals surface area contributed by atoms with Gasteiger partial charge in [-0.05, 0) is 92.3 Å². The van der Waals surface area contributed by atoms with Gasteiger partial charge in [-0.15, -0.1) is 0 Å². The Labute approximate surface area is 209 Å². The van der Waals surface area contributed by atoms with Gasteiger partial charge in [0.25, 0.3) is 11.5 Å². The summed E-state index contributed by atoms with van der Waals surface area (Å²) in [6.45, 7) is 2.81. The van der Waals surface area contributed by atoms with Crippen molar-refractivity contribution < 1.29 is 9.18 Å². The zero-order valence-electron chi connectivity index (χ0n) is 20.6. The van der Waals surface area contributed by atoms with Gasteiger partial charge in [0.1, 0.15) is 5.82 Å². The van der Waals surface area contributed by atoms with Crippen LogP contribution in [0, 0.1) is 11.7 Å². The summed E-state index contributed by atoms with van der Waals surface area (Å²) in [6.07, 6.45) is 5.53. The van der Waals surface area contributed by atoms with E-state index in [0.29, 0.717) is 23.4 Å². The number of hydrogen-bond acceptors (Lipinski definition) is 4. The minimum atomic E-state index is -0.494. The number of piperidine rings is 1. The molecule has 36 heavy (non-hydrogen) atoms. The predicted octanol–water partition coefficient (Wildman–Crippen LogP) is 3.66. The lowest BCUT2D eigenvalue weighted by atomic mass is 9.97. The first-order valence-electron chi connectivity index (χ1n) is 12.2. The zero-order chi connectivity index (χ0) is 25.2. The van der Waals surface area contributed by atoms with Crippen molar-refractivity contribution in [3.63, 3.8) is 0 Å². The molecule has 3 heterocycles. The number of aryl methyl sites for hydroxylation is 1. The highest BCUT2D eigenvalue weighted by Crippen LogP contribution is 2.22. The van der Waals surface area contributed by atoms with E-state index in [4.69, 9.17) is 0 Å². The molecule has 2 aromatic heterocycles. The monoisotopic (exact) mass is 487 g/mol. The average Bonchev–Trinajstić information content (AvgIpc) is 3.30. The molecule has 4 aromatic rings. The van der Waals surface area contributed by atoms with Gasteiger partial charge in [-0.2, -0.15) is 5.10 Å². The lowest BCUT2D eigenvalue weighted by molar-refractivity contribution is 0.0938. The van der Waals surface area contributed by atoms with Crippen LogP contribution in [0.5, 0.6) is 0 Å². The smallest absolute Gasteiger partial charge is 0.258 e. The third kappa shape index (κ3) is 5.09. The number of benzene rings is 2. The molecule has 1 amide bonds. The molecular formula is C28H30FN5O2. The fraction of sp³-hybridized carbons (Fsp3) is 0.321. The molecule has 5 rings (SSSR count). The molecular weight excluding hydrogens is 457 g/mol. The summed E-state index contributed by atoms with van der Waals surface area (Å²) in [5.74, 6) is -0.345. The van der Waals surface area contributed by atoms with Gasteiger partial charge in [0.2, 0.25) is 0 Å². The van der Waals surface area contributed by atoms with Gasteiger partial charge in [0.05, 0.1) is 12.2 Å². The van der Waals surface area contributed by atoms with E-state index >= 15 is 0 Å². The summed E-state index contributed by atoms with van der Waals surface area (Å²) in [5.41, 5.74) is 2.60. The Balaban J connectivity index is 1.33. The number of nitrogens with zero attached hydrogens (tertiary/aromatic N) is 4. The number of hydrogen-bond donors (Lipinski definition) is 1. The van der Waals surface area contributed by atoms with Gasteiger partial charge in [0, 0.05) is 42.5 Å². The van der Waals surface area contributed by atoms with Crippen LogP contribution in [0.3, 0.4) is 0 Å². The van der Waals surface area contributed by atoms with Crippen LogP contribution >= 0.6 is 0 Å². The Bertz CT molecular complexity index is 1470. The van der Waals surface area contributed by atoms with Crippen LogP contribution in [0.4, 0.5) is 4.39 Å². The number of nitrogens with one attached hydrogen (secondary N) is 1. The second-order valence-corrected chi connectivity index (χ2v) is 9.70. The molecule has 186 valence electrons. The van der Waals surface area contributed by atoms with Gasteiger partial charge >= 0.3 is 0 Å². The Morgan fingerprint density at radius 2 is 1.89 bits per heavy atom. The molecule has 0 spiro atoms. The number of carbonyl (C=O) groups is 1. The van der Waals surface area contributed by atoms with E-state index in [0.717, 1.165) is 42.6 Å². The van der Waals surface area contributed by atoms with Gasteiger partial charge in [-0.25, -0.2) is 4.39 Å². The molecule has 0 aliphatic carbocycles. The Morgan fingerprint density at radius 1 is 1.08 bits per heavy atom. The van der Waals surface area contributed by atoms with Crippen molar-refractivity contribution in [2.45, 2.75) is 19.4 Å². The highest BCUT2D eigenvalue weighted by molar-refractivity contribution is 5.94. The second kappa shape index (κ2) is 10.1. The van der Waals surface area contributed by atoms with Crippen molar-refractivity contribution >= 4 is 16.7 Å². The Kier molecular flexibility index (Phi) is 6.69. The summed E-state index contributed by atoms with van der Waals surface area (Å²) >= 11 is 0. The van der Waals surface area contributed by atoms with E-state index in [2.05, 4.69) is 22.4 Å². The van der Waals surface area contributed by atoms with Crippen LogP contribution in [-0.4, -0.2) is 51.8 Å². The van der Waals surface area contributed by atoms with Crippen LogP contribution in [-0.2, 0) is 13.6 Å². The fourth-order valence-corrected chi connectivity index (χ4v) is 4.90. The number of amides is 1. The van der Waals surface area contributed by atoms with E-state index in [1.807, 2.05) is 37.4 Å². The van der Waals surface area contributed by atoms with Gasteiger partial charge in [0.15, 0.2) is 0 Å². The lowest BCUT2D eigenvalue weighted by Gasteiger charge is -2.28. The predicted molar refractivity (Wildman–Crippen MR) is 138 cm³/mol. The molecule has 2 aromatic carbocycles. The van der Waals surface area contributed by atoms with E-state index in [-0.39, 0.29) is 23.6 Å². The maximum atomic E-state index is 14.4. The number of pyridine rings is 1. The fourth-order valence-electron chi connectivity index (χ4n) is 4.90. The molecule has 1 fully saturated rings. The van der Waals surface area contributed by atoms with Crippen LogP contribution in [0.1, 0.15) is 28.8 Å². The molecule has 1 aliphatic rings. The Hall–Kier alpha value is -3.78. The molecule has 1 aliphatic heterocycles. The van der Waals surface area contributed by atoms with E-state index in [1.54, 1.807) is 27.7 Å². The summed E-state index contributed by atoms with van der Waals surface area (Å²) in [4.78, 5) is 28.2. The summed E-state index contributed by atoms with van der Waals surface area (Å²) in [5, 5.41) is 8.57. The van der Waals surface area contributed by atoms with Crippen LogP contribution in [0.2, 0.25) is 0 Å². The van der Waals surface area contributed by atoms with Crippen LogP contribution < -0.4 is 10.9 Å². The average molecular weight is 488 g/mol. The number of rotatable bonds is 6. The van der Waals surface area contributed by atoms with Crippen LogP contribution in [0.15, 0.2) is 65.7 Å². The first-order chi connectivity index (χ1) is 17.4. The molecule has 1 saturated heterocycles. The van der Waals surface area contributed by atoms with Crippen molar-refractivity contribution in [1.29, 1.82) is 0 Å². The number of likely N-dealkylation sites (tertiary alicyclic amines) is 1. The molecule has 0 bridgehead atoms. The summed E-state index contributed by atoms with van der Waals surface area (Å²) in [6, 6.07) is 13.8. The quantitative estimate of drug-likeness (QED) is 0.451. The van der Waals surface area contributed by atoms with Gasteiger partial charge in [-0.3, -0.25) is 14.3 Å². The van der Waals surface area contributed by atoms with Crippen molar-refractivity contribution in [2.24, 2.45) is 13.0 Å². The highest BCUT2D eigenvalue weighted by Gasteiger charge is 2.18. The highest BCUT2D eigenvalue weighted by atomic mass is 19.1. The SMILES string of the molecule is CN1CCC(CNC(=O)c2cc(F)cc(Cn3ccc4cc(-c5ccnn5C)ccc4c3=O)c2)CC1. The molecule has 8 heteroatoms. The van der Waals surface area contributed by atoms with E-state index in [9.17, 15) is 14.0 Å².